The summed E-state index contributed by atoms with van der Waals surface area (Å²) in [7, 11) is 1.74. The van der Waals surface area contributed by atoms with Gasteiger partial charge in [-0.3, -0.25) is 4.79 Å². The molecule has 1 N–H and O–H groups in total. The standard InChI is InChI=1S/C19H27ClN2O3/c1-14-9-16(20)3-4-17(14)25-12-18(23)22-10-15(11-24-2)19(13-22)5-7-21-8-6-19/h3-4,9,15,21H,5-8,10-13H2,1-2H3. The number of halogens is 1. The van der Waals surface area contributed by atoms with Crippen molar-refractivity contribution in [3.63, 3.8) is 0 Å². The number of likely N-dealkylation sites (tertiary alicyclic amines) is 1. The number of carbonyl (C=O) groups is 1. The van der Waals surface area contributed by atoms with Crippen molar-refractivity contribution in [2.45, 2.75) is 19.8 Å². The highest BCUT2D eigenvalue weighted by Crippen LogP contribution is 2.43. The molecular weight excluding hydrogens is 340 g/mol. The van der Waals surface area contributed by atoms with E-state index in [1.54, 1.807) is 13.2 Å². The maximum atomic E-state index is 12.7. The van der Waals surface area contributed by atoms with Crippen molar-refractivity contribution < 1.29 is 14.3 Å². The molecule has 1 unspecified atom stereocenters. The minimum Gasteiger partial charge on any atom is -0.483 e. The highest BCUT2D eigenvalue weighted by atomic mass is 35.5. The van der Waals surface area contributed by atoms with Crippen molar-refractivity contribution >= 4 is 17.5 Å². The lowest BCUT2D eigenvalue weighted by atomic mass is 9.71. The number of amides is 1. The van der Waals surface area contributed by atoms with Crippen LogP contribution in [-0.4, -0.2) is 57.3 Å². The van der Waals surface area contributed by atoms with Gasteiger partial charge in [-0.15, -0.1) is 0 Å². The summed E-state index contributed by atoms with van der Waals surface area (Å²) in [6.45, 7) is 6.31. The van der Waals surface area contributed by atoms with Gasteiger partial charge in [0.2, 0.25) is 0 Å². The third kappa shape index (κ3) is 4.10. The Balaban J connectivity index is 1.62. The Hall–Kier alpha value is -1.30. The van der Waals surface area contributed by atoms with E-state index >= 15 is 0 Å². The monoisotopic (exact) mass is 366 g/mol. The van der Waals surface area contributed by atoms with Crippen molar-refractivity contribution in [2.24, 2.45) is 11.3 Å². The summed E-state index contributed by atoms with van der Waals surface area (Å²) in [4.78, 5) is 14.6. The van der Waals surface area contributed by atoms with Crippen molar-refractivity contribution in [1.29, 1.82) is 0 Å². The Bertz CT molecular complexity index is 617. The number of hydrogen-bond donors (Lipinski definition) is 1. The summed E-state index contributed by atoms with van der Waals surface area (Å²) in [5.74, 6) is 1.16. The van der Waals surface area contributed by atoms with E-state index in [2.05, 4.69) is 5.32 Å². The Labute approximate surface area is 154 Å². The lowest BCUT2D eigenvalue weighted by Crippen LogP contribution is -2.43. The van der Waals surface area contributed by atoms with Crippen LogP contribution in [0.4, 0.5) is 0 Å². The molecule has 0 aliphatic carbocycles. The van der Waals surface area contributed by atoms with Crippen LogP contribution in [0.2, 0.25) is 5.02 Å². The molecule has 0 saturated carbocycles. The quantitative estimate of drug-likeness (QED) is 0.870. The SMILES string of the molecule is COCC1CN(C(=O)COc2ccc(Cl)cc2C)CC12CCNCC2. The molecule has 6 heteroatoms. The van der Waals surface area contributed by atoms with Gasteiger partial charge in [0.25, 0.3) is 5.91 Å². The van der Waals surface area contributed by atoms with Gasteiger partial charge in [0.05, 0.1) is 6.61 Å². The largest absolute Gasteiger partial charge is 0.483 e. The van der Waals surface area contributed by atoms with E-state index in [1.165, 1.54) is 0 Å². The van der Waals surface area contributed by atoms with Gasteiger partial charge in [-0.25, -0.2) is 0 Å². The molecule has 2 saturated heterocycles. The Morgan fingerprint density at radius 3 is 2.84 bits per heavy atom. The highest BCUT2D eigenvalue weighted by molar-refractivity contribution is 6.30. The number of carbonyl (C=O) groups excluding carboxylic acids is 1. The molecule has 1 spiro atoms. The molecule has 1 amide bonds. The molecule has 2 aliphatic rings. The van der Waals surface area contributed by atoms with Gasteiger partial charge in [0, 0.05) is 31.1 Å². The topological polar surface area (TPSA) is 50.8 Å². The number of benzene rings is 1. The van der Waals surface area contributed by atoms with E-state index in [1.807, 2.05) is 24.0 Å². The first-order valence-corrected chi connectivity index (χ1v) is 9.28. The Morgan fingerprint density at radius 2 is 2.16 bits per heavy atom. The summed E-state index contributed by atoms with van der Waals surface area (Å²) in [5, 5.41) is 4.09. The fraction of sp³-hybridized carbons (Fsp3) is 0.632. The van der Waals surface area contributed by atoms with Crippen LogP contribution in [0.5, 0.6) is 5.75 Å². The van der Waals surface area contributed by atoms with Gasteiger partial charge in [-0.05, 0) is 62.0 Å². The molecular formula is C19H27ClN2O3. The van der Waals surface area contributed by atoms with Crippen molar-refractivity contribution in [2.75, 3.05) is 46.5 Å². The van der Waals surface area contributed by atoms with Crippen LogP contribution in [0.3, 0.4) is 0 Å². The van der Waals surface area contributed by atoms with Crippen molar-refractivity contribution in [3.8, 4) is 5.75 Å². The first kappa shape index (κ1) is 18.5. The van der Waals surface area contributed by atoms with Crippen LogP contribution in [0.15, 0.2) is 18.2 Å². The molecule has 2 aliphatic heterocycles. The average molecular weight is 367 g/mol. The summed E-state index contributed by atoms with van der Waals surface area (Å²) in [6, 6.07) is 5.44. The van der Waals surface area contributed by atoms with Gasteiger partial charge in [-0.1, -0.05) is 11.6 Å². The fourth-order valence-electron chi connectivity index (χ4n) is 4.15. The van der Waals surface area contributed by atoms with E-state index < -0.39 is 0 Å². The number of piperidine rings is 1. The van der Waals surface area contributed by atoms with E-state index in [0.717, 1.165) is 44.6 Å². The molecule has 1 atom stereocenters. The number of methoxy groups -OCH3 is 1. The smallest absolute Gasteiger partial charge is 0.260 e. The molecule has 1 aromatic carbocycles. The van der Waals surface area contributed by atoms with Crippen LogP contribution >= 0.6 is 11.6 Å². The second-order valence-corrected chi connectivity index (χ2v) is 7.67. The van der Waals surface area contributed by atoms with Gasteiger partial charge in [0.15, 0.2) is 6.61 Å². The van der Waals surface area contributed by atoms with Crippen molar-refractivity contribution in [1.82, 2.24) is 10.2 Å². The van der Waals surface area contributed by atoms with Crippen molar-refractivity contribution in [3.05, 3.63) is 28.8 Å². The molecule has 0 aromatic heterocycles. The molecule has 138 valence electrons. The Morgan fingerprint density at radius 1 is 1.40 bits per heavy atom. The number of nitrogens with one attached hydrogen (secondary N) is 1. The first-order valence-electron chi connectivity index (χ1n) is 8.90. The van der Waals surface area contributed by atoms with Gasteiger partial charge in [-0.2, -0.15) is 0 Å². The minimum atomic E-state index is 0.0471. The van der Waals surface area contributed by atoms with Gasteiger partial charge in [0.1, 0.15) is 5.75 Å². The van der Waals surface area contributed by atoms with E-state index in [-0.39, 0.29) is 17.9 Å². The first-order chi connectivity index (χ1) is 12.0. The highest BCUT2D eigenvalue weighted by Gasteiger charge is 2.48. The molecule has 25 heavy (non-hydrogen) atoms. The molecule has 2 heterocycles. The third-order valence-electron chi connectivity index (χ3n) is 5.62. The Kier molecular flexibility index (Phi) is 5.87. The van der Waals surface area contributed by atoms with Crippen LogP contribution in [0, 0.1) is 18.3 Å². The predicted molar refractivity (Wildman–Crippen MR) is 98.2 cm³/mol. The van der Waals surface area contributed by atoms with Crippen LogP contribution in [0.1, 0.15) is 18.4 Å². The minimum absolute atomic E-state index is 0.0471. The molecule has 0 bridgehead atoms. The van der Waals surface area contributed by atoms with Gasteiger partial charge < -0.3 is 19.7 Å². The zero-order valence-corrected chi connectivity index (χ0v) is 15.8. The maximum Gasteiger partial charge on any atom is 0.260 e. The zero-order chi connectivity index (χ0) is 17.9. The maximum absolute atomic E-state index is 12.7. The summed E-state index contributed by atoms with van der Waals surface area (Å²) >= 11 is 5.96. The van der Waals surface area contributed by atoms with E-state index in [4.69, 9.17) is 21.1 Å². The van der Waals surface area contributed by atoms with E-state index in [0.29, 0.717) is 23.3 Å². The van der Waals surface area contributed by atoms with Gasteiger partial charge >= 0.3 is 0 Å². The molecule has 3 rings (SSSR count). The van der Waals surface area contributed by atoms with Crippen LogP contribution in [0.25, 0.3) is 0 Å². The molecule has 2 fully saturated rings. The molecule has 5 nitrogen and oxygen atoms in total. The summed E-state index contributed by atoms with van der Waals surface area (Å²) in [6.07, 6.45) is 2.20. The number of ether oxygens (including phenoxy) is 2. The molecule has 0 radical (unpaired) electrons. The predicted octanol–water partition coefficient (Wildman–Crippen LogP) is 2.50. The number of hydrogen-bond acceptors (Lipinski definition) is 4. The summed E-state index contributed by atoms with van der Waals surface area (Å²) < 4.78 is 11.2. The lowest BCUT2D eigenvalue weighted by Gasteiger charge is -2.38. The fourth-order valence-corrected chi connectivity index (χ4v) is 4.38. The lowest BCUT2D eigenvalue weighted by molar-refractivity contribution is -0.132. The molecule has 1 aromatic rings. The second-order valence-electron chi connectivity index (χ2n) is 7.24. The zero-order valence-electron chi connectivity index (χ0n) is 15.0. The normalized spacial score (nSPS) is 22.4. The second kappa shape index (κ2) is 7.94. The average Bonchev–Trinajstić information content (AvgIpc) is 2.93. The summed E-state index contributed by atoms with van der Waals surface area (Å²) in [5.41, 5.74) is 1.13. The number of nitrogens with zero attached hydrogens (tertiary/aromatic N) is 1. The number of rotatable bonds is 5. The third-order valence-corrected chi connectivity index (χ3v) is 5.86. The number of aryl methyl sites for hydroxylation is 1. The van der Waals surface area contributed by atoms with Crippen LogP contribution in [-0.2, 0) is 9.53 Å². The van der Waals surface area contributed by atoms with Crippen LogP contribution < -0.4 is 10.1 Å². The van der Waals surface area contributed by atoms with E-state index in [9.17, 15) is 4.79 Å².